The lowest BCUT2D eigenvalue weighted by Crippen LogP contribution is -1.96. The van der Waals surface area contributed by atoms with Crippen molar-refractivity contribution in [1.29, 1.82) is 0 Å². The molecule has 0 saturated carbocycles. The van der Waals surface area contributed by atoms with E-state index in [0.717, 1.165) is 25.1 Å². The Bertz CT molecular complexity index is 511. The Morgan fingerprint density at radius 2 is 2.18 bits per heavy atom. The maximum Gasteiger partial charge on any atom is 0.116 e. The first-order chi connectivity index (χ1) is 8.45. The second-order valence-corrected chi connectivity index (χ2v) is 4.19. The van der Waals surface area contributed by atoms with Crippen molar-refractivity contribution in [2.75, 3.05) is 6.61 Å². The zero-order chi connectivity index (χ0) is 11.5. The fourth-order valence-electron chi connectivity index (χ4n) is 2.29. The molecule has 17 heavy (non-hydrogen) atoms. The monoisotopic (exact) mass is 226 g/mol. The summed E-state index contributed by atoms with van der Waals surface area (Å²) in [4.78, 5) is 8.30. The van der Waals surface area contributed by atoms with Crippen molar-refractivity contribution >= 4 is 0 Å². The second kappa shape index (κ2) is 4.63. The van der Waals surface area contributed by atoms with Gasteiger partial charge in [0.2, 0.25) is 0 Å². The van der Waals surface area contributed by atoms with Crippen LogP contribution in [-0.4, -0.2) is 16.6 Å². The van der Waals surface area contributed by atoms with E-state index in [4.69, 9.17) is 4.74 Å². The second-order valence-electron chi connectivity index (χ2n) is 4.19. The van der Waals surface area contributed by atoms with E-state index >= 15 is 0 Å². The van der Waals surface area contributed by atoms with Crippen molar-refractivity contribution in [2.24, 2.45) is 0 Å². The molecule has 1 aromatic heterocycles. The van der Waals surface area contributed by atoms with Gasteiger partial charge in [-0.25, -0.2) is 9.97 Å². The van der Waals surface area contributed by atoms with Crippen LogP contribution in [0.3, 0.4) is 0 Å². The largest absolute Gasteiger partial charge is 0.377 e. The van der Waals surface area contributed by atoms with E-state index in [1.807, 2.05) is 6.07 Å². The molecule has 1 aliphatic rings. The van der Waals surface area contributed by atoms with Crippen molar-refractivity contribution in [3.8, 4) is 11.3 Å². The third-order valence-corrected chi connectivity index (χ3v) is 3.10. The first kappa shape index (κ1) is 10.4. The van der Waals surface area contributed by atoms with Crippen molar-refractivity contribution in [1.82, 2.24) is 9.97 Å². The summed E-state index contributed by atoms with van der Waals surface area (Å²) in [5.41, 5.74) is 4.89. The van der Waals surface area contributed by atoms with Crippen LogP contribution in [0, 0.1) is 0 Å². The summed E-state index contributed by atoms with van der Waals surface area (Å²) in [6.45, 7) is 1.56. The van der Waals surface area contributed by atoms with Gasteiger partial charge >= 0.3 is 0 Å². The number of aromatic nitrogens is 2. The number of hydrogen-bond acceptors (Lipinski definition) is 3. The number of ether oxygens (including phenoxy) is 1. The predicted molar refractivity (Wildman–Crippen MR) is 65.4 cm³/mol. The molecule has 3 rings (SSSR count). The lowest BCUT2D eigenvalue weighted by atomic mass is 9.96. The smallest absolute Gasteiger partial charge is 0.116 e. The Morgan fingerprint density at radius 3 is 3.06 bits per heavy atom. The molecule has 1 aromatic carbocycles. The van der Waals surface area contributed by atoms with E-state index in [0.29, 0.717) is 6.61 Å². The zero-order valence-electron chi connectivity index (χ0n) is 9.60. The van der Waals surface area contributed by atoms with Gasteiger partial charge in [0.1, 0.15) is 6.33 Å². The standard InChI is InChI=1S/C14H14N2O/c1-3-11-9-17-8-2-5-12(11)13(4-1)14-6-7-15-10-16-14/h1,3-4,6-7,10H,2,5,8-9H2. The van der Waals surface area contributed by atoms with Crippen LogP contribution in [0.25, 0.3) is 11.3 Å². The molecule has 0 bridgehead atoms. The lowest BCUT2D eigenvalue weighted by molar-refractivity contribution is 0.125. The summed E-state index contributed by atoms with van der Waals surface area (Å²) >= 11 is 0. The van der Waals surface area contributed by atoms with Gasteiger partial charge in [-0.1, -0.05) is 18.2 Å². The molecule has 0 fully saturated rings. The molecular weight excluding hydrogens is 212 g/mol. The quantitative estimate of drug-likeness (QED) is 0.749. The van der Waals surface area contributed by atoms with E-state index in [9.17, 15) is 0 Å². The summed E-state index contributed by atoms with van der Waals surface area (Å²) < 4.78 is 5.58. The molecule has 0 aliphatic carbocycles. The highest BCUT2D eigenvalue weighted by molar-refractivity contribution is 5.65. The van der Waals surface area contributed by atoms with Gasteiger partial charge in [0, 0.05) is 18.4 Å². The number of fused-ring (bicyclic) bond motifs is 1. The number of rotatable bonds is 1. The van der Waals surface area contributed by atoms with E-state index in [1.165, 1.54) is 16.7 Å². The van der Waals surface area contributed by atoms with Crippen LogP contribution in [0.15, 0.2) is 36.8 Å². The highest BCUT2D eigenvalue weighted by Crippen LogP contribution is 2.27. The first-order valence-electron chi connectivity index (χ1n) is 5.90. The molecule has 0 spiro atoms. The van der Waals surface area contributed by atoms with Crippen LogP contribution >= 0.6 is 0 Å². The molecule has 0 N–H and O–H groups in total. The van der Waals surface area contributed by atoms with Gasteiger partial charge < -0.3 is 4.74 Å². The predicted octanol–water partition coefficient (Wildman–Crippen LogP) is 2.61. The summed E-state index contributed by atoms with van der Waals surface area (Å²) in [5, 5.41) is 0. The molecular formula is C14H14N2O. The summed E-state index contributed by atoms with van der Waals surface area (Å²) in [7, 11) is 0. The Morgan fingerprint density at radius 1 is 1.18 bits per heavy atom. The van der Waals surface area contributed by atoms with Gasteiger partial charge in [0.25, 0.3) is 0 Å². The maximum atomic E-state index is 5.58. The molecule has 0 atom stereocenters. The summed E-state index contributed by atoms with van der Waals surface area (Å²) in [6, 6.07) is 8.31. The number of nitrogens with zero attached hydrogens (tertiary/aromatic N) is 2. The molecule has 0 amide bonds. The summed E-state index contributed by atoms with van der Waals surface area (Å²) in [5.74, 6) is 0. The molecule has 2 aromatic rings. The molecule has 0 radical (unpaired) electrons. The van der Waals surface area contributed by atoms with E-state index in [1.54, 1.807) is 12.5 Å². The number of hydrogen-bond donors (Lipinski definition) is 0. The molecule has 3 nitrogen and oxygen atoms in total. The number of benzene rings is 1. The van der Waals surface area contributed by atoms with Gasteiger partial charge in [0.05, 0.1) is 12.3 Å². The molecule has 86 valence electrons. The average Bonchev–Trinajstić information content (AvgIpc) is 2.64. The highest BCUT2D eigenvalue weighted by atomic mass is 16.5. The molecule has 1 aliphatic heterocycles. The van der Waals surface area contributed by atoms with E-state index in [2.05, 4.69) is 28.2 Å². The lowest BCUT2D eigenvalue weighted by Gasteiger charge is -2.10. The molecule has 0 saturated heterocycles. The van der Waals surface area contributed by atoms with Crippen LogP contribution in [0.2, 0.25) is 0 Å². The minimum absolute atomic E-state index is 0.717. The van der Waals surface area contributed by atoms with Crippen molar-refractivity contribution in [2.45, 2.75) is 19.4 Å². The van der Waals surface area contributed by atoms with Crippen LogP contribution in [0.5, 0.6) is 0 Å². The Balaban J connectivity index is 2.11. The molecule has 0 unspecified atom stereocenters. The SMILES string of the molecule is c1cc2c(c(-c3ccncn3)c1)CCCOC2. The Hall–Kier alpha value is -1.74. The third-order valence-electron chi connectivity index (χ3n) is 3.10. The van der Waals surface area contributed by atoms with Crippen LogP contribution in [0.4, 0.5) is 0 Å². The third kappa shape index (κ3) is 2.06. The molecule has 2 heterocycles. The van der Waals surface area contributed by atoms with Gasteiger partial charge in [-0.3, -0.25) is 0 Å². The minimum Gasteiger partial charge on any atom is -0.377 e. The van der Waals surface area contributed by atoms with Gasteiger partial charge in [-0.15, -0.1) is 0 Å². The van der Waals surface area contributed by atoms with Crippen molar-refractivity contribution < 1.29 is 4.74 Å². The average molecular weight is 226 g/mol. The summed E-state index contributed by atoms with van der Waals surface area (Å²) in [6.07, 6.45) is 5.53. The van der Waals surface area contributed by atoms with Gasteiger partial charge in [0.15, 0.2) is 0 Å². The van der Waals surface area contributed by atoms with Gasteiger partial charge in [-0.2, -0.15) is 0 Å². The van der Waals surface area contributed by atoms with Crippen LogP contribution < -0.4 is 0 Å². The minimum atomic E-state index is 0.717. The van der Waals surface area contributed by atoms with Crippen molar-refractivity contribution in [3.63, 3.8) is 0 Å². The van der Waals surface area contributed by atoms with Crippen LogP contribution in [0.1, 0.15) is 17.5 Å². The van der Waals surface area contributed by atoms with Gasteiger partial charge in [-0.05, 0) is 30.0 Å². The van der Waals surface area contributed by atoms with Crippen molar-refractivity contribution in [3.05, 3.63) is 47.9 Å². The first-order valence-corrected chi connectivity index (χ1v) is 5.90. The van der Waals surface area contributed by atoms with E-state index < -0.39 is 0 Å². The van der Waals surface area contributed by atoms with Crippen LogP contribution in [-0.2, 0) is 17.8 Å². The normalized spacial score (nSPS) is 15.1. The molecule has 3 heteroatoms. The Kier molecular flexibility index (Phi) is 2.84. The van der Waals surface area contributed by atoms with E-state index in [-0.39, 0.29) is 0 Å². The maximum absolute atomic E-state index is 5.58. The highest BCUT2D eigenvalue weighted by Gasteiger charge is 2.13. The Labute approximate surface area is 100 Å². The fraction of sp³-hybridized carbons (Fsp3) is 0.286. The fourth-order valence-corrected chi connectivity index (χ4v) is 2.29. The zero-order valence-corrected chi connectivity index (χ0v) is 9.60. The topological polar surface area (TPSA) is 35.0 Å².